The SMILES string of the molecule is CC(C)CCNc1ccc(F)cc1Br. The van der Waals surface area contributed by atoms with Gasteiger partial charge in [-0.25, -0.2) is 4.39 Å². The van der Waals surface area contributed by atoms with Crippen molar-refractivity contribution in [1.29, 1.82) is 0 Å². The molecule has 0 aromatic heterocycles. The summed E-state index contributed by atoms with van der Waals surface area (Å²) in [5, 5.41) is 3.26. The highest BCUT2D eigenvalue weighted by Crippen LogP contribution is 2.23. The second-order valence-corrected chi connectivity index (χ2v) is 4.59. The van der Waals surface area contributed by atoms with E-state index in [9.17, 15) is 4.39 Å². The third-order valence-electron chi connectivity index (χ3n) is 1.97. The zero-order chi connectivity index (χ0) is 10.6. The Kier molecular flexibility index (Phi) is 4.39. The molecule has 1 aromatic rings. The van der Waals surface area contributed by atoms with Crippen LogP contribution in [-0.4, -0.2) is 6.54 Å². The van der Waals surface area contributed by atoms with E-state index in [1.165, 1.54) is 12.1 Å². The van der Waals surface area contributed by atoms with Gasteiger partial charge >= 0.3 is 0 Å². The molecule has 0 saturated heterocycles. The van der Waals surface area contributed by atoms with Crippen LogP contribution in [0.1, 0.15) is 20.3 Å². The molecule has 1 rings (SSSR count). The lowest BCUT2D eigenvalue weighted by atomic mass is 10.1. The highest BCUT2D eigenvalue weighted by molar-refractivity contribution is 9.10. The molecule has 0 unspecified atom stereocenters. The molecule has 0 heterocycles. The number of hydrogen-bond acceptors (Lipinski definition) is 1. The van der Waals surface area contributed by atoms with Crippen LogP contribution in [0.4, 0.5) is 10.1 Å². The van der Waals surface area contributed by atoms with Gasteiger partial charge < -0.3 is 5.32 Å². The Bertz CT molecular complexity index is 299. The van der Waals surface area contributed by atoms with Gasteiger partial charge in [-0.1, -0.05) is 13.8 Å². The van der Waals surface area contributed by atoms with Crippen LogP contribution in [0, 0.1) is 11.7 Å². The lowest BCUT2D eigenvalue weighted by molar-refractivity contribution is 0.606. The molecule has 14 heavy (non-hydrogen) atoms. The first-order valence-corrected chi connectivity index (χ1v) is 5.58. The van der Waals surface area contributed by atoms with Gasteiger partial charge in [0.2, 0.25) is 0 Å². The highest BCUT2D eigenvalue weighted by Gasteiger charge is 2.00. The normalized spacial score (nSPS) is 10.6. The number of rotatable bonds is 4. The summed E-state index contributed by atoms with van der Waals surface area (Å²) in [6, 6.07) is 4.68. The molecule has 1 aromatic carbocycles. The van der Waals surface area contributed by atoms with Gasteiger partial charge in [0, 0.05) is 16.7 Å². The van der Waals surface area contributed by atoms with Crippen LogP contribution < -0.4 is 5.32 Å². The monoisotopic (exact) mass is 259 g/mol. The molecule has 3 heteroatoms. The second-order valence-electron chi connectivity index (χ2n) is 3.73. The Hall–Kier alpha value is -0.570. The van der Waals surface area contributed by atoms with E-state index < -0.39 is 0 Å². The van der Waals surface area contributed by atoms with E-state index in [1.807, 2.05) is 0 Å². The van der Waals surface area contributed by atoms with Gasteiger partial charge in [0.15, 0.2) is 0 Å². The van der Waals surface area contributed by atoms with Crippen LogP contribution in [0.3, 0.4) is 0 Å². The van der Waals surface area contributed by atoms with E-state index in [-0.39, 0.29) is 5.82 Å². The molecular weight excluding hydrogens is 245 g/mol. The zero-order valence-electron chi connectivity index (χ0n) is 8.48. The molecule has 1 N–H and O–H groups in total. The van der Waals surface area contributed by atoms with Crippen molar-refractivity contribution >= 4 is 21.6 Å². The number of nitrogens with one attached hydrogen (secondary N) is 1. The highest BCUT2D eigenvalue weighted by atomic mass is 79.9. The van der Waals surface area contributed by atoms with E-state index >= 15 is 0 Å². The smallest absolute Gasteiger partial charge is 0.124 e. The number of hydrogen-bond donors (Lipinski definition) is 1. The molecule has 0 radical (unpaired) electrons. The van der Waals surface area contributed by atoms with E-state index in [0.29, 0.717) is 5.92 Å². The van der Waals surface area contributed by atoms with Crippen LogP contribution >= 0.6 is 15.9 Å². The quantitative estimate of drug-likeness (QED) is 0.861. The van der Waals surface area contributed by atoms with Crippen molar-refractivity contribution in [3.8, 4) is 0 Å². The molecule has 0 amide bonds. The van der Waals surface area contributed by atoms with Crippen LogP contribution in [-0.2, 0) is 0 Å². The first kappa shape index (κ1) is 11.5. The fourth-order valence-corrected chi connectivity index (χ4v) is 1.62. The van der Waals surface area contributed by atoms with Crippen molar-refractivity contribution in [3.05, 3.63) is 28.5 Å². The van der Waals surface area contributed by atoms with Gasteiger partial charge in [0.1, 0.15) is 5.82 Å². The zero-order valence-corrected chi connectivity index (χ0v) is 10.1. The van der Waals surface area contributed by atoms with Crippen LogP contribution in [0.2, 0.25) is 0 Å². The average molecular weight is 260 g/mol. The van der Waals surface area contributed by atoms with Crippen molar-refractivity contribution in [2.75, 3.05) is 11.9 Å². The molecule has 0 aliphatic rings. The Morgan fingerprint density at radius 1 is 1.43 bits per heavy atom. The van der Waals surface area contributed by atoms with Gasteiger partial charge in [-0.2, -0.15) is 0 Å². The van der Waals surface area contributed by atoms with Crippen LogP contribution in [0.5, 0.6) is 0 Å². The largest absolute Gasteiger partial charge is 0.384 e. The first-order chi connectivity index (χ1) is 6.59. The minimum Gasteiger partial charge on any atom is -0.384 e. The summed E-state index contributed by atoms with van der Waals surface area (Å²) in [5.41, 5.74) is 0.951. The summed E-state index contributed by atoms with van der Waals surface area (Å²) in [5.74, 6) is 0.466. The van der Waals surface area contributed by atoms with E-state index in [1.54, 1.807) is 6.07 Å². The van der Waals surface area contributed by atoms with E-state index in [4.69, 9.17) is 0 Å². The predicted molar refractivity (Wildman–Crippen MR) is 62.0 cm³/mol. The summed E-state index contributed by atoms with van der Waals surface area (Å²) in [7, 11) is 0. The lowest BCUT2D eigenvalue weighted by Gasteiger charge is -2.09. The summed E-state index contributed by atoms with van der Waals surface area (Å²) in [4.78, 5) is 0. The van der Waals surface area contributed by atoms with Crippen molar-refractivity contribution in [1.82, 2.24) is 0 Å². The summed E-state index contributed by atoms with van der Waals surface area (Å²) < 4.78 is 13.5. The molecule has 1 nitrogen and oxygen atoms in total. The van der Waals surface area contributed by atoms with Crippen LogP contribution in [0.15, 0.2) is 22.7 Å². The summed E-state index contributed by atoms with van der Waals surface area (Å²) >= 11 is 3.31. The Balaban J connectivity index is 2.51. The summed E-state index contributed by atoms with van der Waals surface area (Å²) in [6.07, 6.45) is 1.11. The molecule has 0 aliphatic heterocycles. The Morgan fingerprint density at radius 3 is 2.71 bits per heavy atom. The Labute approximate surface area is 92.8 Å². The number of halogens is 2. The first-order valence-electron chi connectivity index (χ1n) is 4.78. The number of anilines is 1. The fraction of sp³-hybridized carbons (Fsp3) is 0.455. The second kappa shape index (κ2) is 5.35. The third kappa shape index (κ3) is 3.66. The minimum atomic E-state index is -0.216. The van der Waals surface area contributed by atoms with Gasteiger partial charge in [0.25, 0.3) is 0 Å². The predicted octanol–water partition coefficient (Wildman–Crippen LogP) is 4.05. The molecule has 0 atom stereocenters. The minimum absolute atomic E-state index is 0.216. The molecular formula is C11H15BrFN. The maximum atomic E-state index is 12.7. The van der Waals surface area contributed by atoms with E-state index in [0.717, 1.165) is 23.1 Å². The van der Waals surface area contributed by atoms with Crippen molar-refractivity contribution in [2.24, 2.45) is 5.92 Å². The lowest BCUT2D eigenvalue weighted by Crippen LogP contribution is -2.05. The summed E-state index contributed by atoms with van der Waals surface area (Å²) in [6.45, 7) is 5.28. The molecule has 0 bridgehead atoms. The van der Waals surface area contributed by atoms with Crippen LogP contribution in [0.25, 0.3) is 0 Å². The van der Waals surface area contributed by atoms with Crippen molar-refractivity contribution < 1.29 is 4.39 Å². The molecule has 0 saturated carbocycles. The molecule has 0 aliphatic carbocycles. The van der Waals surface area contributed by atoms with Gasteiger partial charge in [0.05, 0.1) is 0 Å². The molecule has 0 spiro atoms. The van der Waals surface area contributed by atoms with E-state index in [2.05, 4.69) is 35.1 Å². The third-order valence-corrected chi connectivity index (χ3v) is 2.62. The maximum Gasteiger partial charge on any atom is 0.124 e. The van der Waals surface area contributed by atoms with Crippen molar-refractivity contribution in [3.63, 3.8) is 0 Å². The molecule has 0 fully saturated rings. The van der Waals surface area contributed by atoms with Crippen molar-refractivity contribution in [2.45, 2.75) is 20.3 Å². The maximum absolute atomic E-state index is 12.7. The van der Waals surface area contributed by atoms with Gasteiger partial charge in [-0.3, -0.25) is 0 Å². The number of benzene rings is 1. The Morgan fingerprint density at radius 2 is 2.14 bits per heavy atom. The molecule has 78 valence electrons. The average Bonchev–Trinajstić information content (AvgIpc) is 2.08. The van der Waals surface area contributed by atoms with Gasteiger partial charge in [-0.15, -0.1) is 0 Å². The standard InChI is InChI=1S/C11H15BrFN/c1-8(2)5-6-14-11-4-3-9(13)7-10(11)12/h3-4,7-8,14H,5-6H2,1-2H3. The fourth-order valence-electron chi connectivity index (χ4n) is 1.13. The topological polar surface area (TPSA) is 12.0 Å². The van der Waals surface area contributed by atoms with Gasteiger partial charge in [-0.05, 0) is 46.5 Å².